The van der Waals surface area contributed by atoms with Gasteiger partial charge in [0.25, 0.3) is 0 Å². The summed E-state index contributed by atoms with van der Waals surface area (Å²) in [6, 6.07) is 9.93. The average molecular weight is 321 g/mol. The highest BCUT2D eigenvalue weighted by molar-refractivity contribution is 7.89. The highest BCUT2D eigenvalue weighted by atomic mass is 32.3. The van der Waals surface area contributed by atoms with Gasteiger partial charge in [0.2, 0.25) is 0 Å². The summed E-state index contributed by atoms with van der Waals surface area (Å²) in [5, 5.41) is 3.99. The van der Waals surface area contributed by atoms with Crippen LogP contribution in [0.1, 0.15) is 4.88 Å². The van der Waals surface area contributed by atoms with Gasteiger partial charge in [-0.2, -0.15) is 13.5 Å². The first-order chi connectivity index (χ1) is 10.0. The van der Waals surface area contributed by atoms with E-state index in [9.17, 15) is 8.42 Å². The van der Waals surface area contributed by atoms with Gasteiger partial charge in [-0.15, -0.1) is 11.3 Å². The van der Waals surface area contributed by atoms with Gasteiger partial charge in [-0.1, -0.05) is 6.07 Å². The molecule has 3 aromatic rings. The van der Waals surface area contributed by atoms with E-state index < -0.39 is 10.1 Å². The molecule has 0 aliphatic carbocycles. The molecule has 0 N–H and O–H groups in total. The van der Waals surface area contributed by atoms with Crippen molar-refractivity contribution >= 4 is 21.5 Å². The maximum Gasteiger partial charge on any atom is 0.348 e. The maximum atomic E-state index is 12.2. The summed E-state index contributed by atoms with van der Waals surface area (Å²) >= 11 is 1.18. The topological polar surface area (TPSA) is 74.1 Å². The fourth-order valence-electron chi connectivity index (χ4n) is 1.73. The number of aromatic nitrogens is 3. The van der Waals surface area contributed by atoms with Gasteiger partial charge in [0.05, 0.1) is 5.69 Å². The number of nitrogens with zero attached hydrogens (tertiary/aromatic N) is 3. The van der Waals surface area contributed by atoms with Gasteiger partial charge in [-0.05, 0) is 31.2 Å². The Balaban J connectivity index is 1.90. The van der Waals surface area contributed by atoms with Crippen LogP contribution in [0.4, 0.5) is 0 Å². The Morgan fingerprint density at radius 2 is 2.10 bits per heavy atom. The molecule has 0 spiro atoms. The second-order valence-electron chi connectivity index (χ2n) is 4.24. The summed E-state index contributed by atoms with van der Waals surface area (Å²) in [5.41, 5.74) is 0.669. The molecule has 0 aliphatic rings. The van der Waals surface area contributed by atoms with Crippen molar-refractivity contribution in [2.45, 2.75) is 11.1 Å². The molecule has 6 nitrogen and oxygen atoms in total. The summed E-state index contributed by atoms with van der Waals surface area (Å²) < 4.78 is 31.2. The second kappa shape index (κ2) is 5.30. The third-order valence-corrected chi connectivity index (χ3v) is 5.37. The quantitative estimate of drug-likeness (QED) is 0.690. The van der Waals surface area contributed by atoms with Gasteiger partial charge in [-0.25, -0.2) is 9.67 Å². The minimum atomic E-state index is -3.80. The van der Waals surface area contributed by atoms with Crippen LogP contribution in [-0.2, 0) is 10.1 Å². The number of aryl methyl sites for hydroxylation is 1. The minimum Gasteiger partial charge on any atom is -0.378 e. The average Bonchev–Trinajstić information content (AvgIpc) is 3.09. The molecule has 0 fully saturated rings. The summed E-state index contributed by atoms with van der Waals surface area (Å²) in [5.74, 6) is 0.231. The van der Waals surface area contributed by atoms with Crippen LogP contribution in [0.25, 0.3) is 5.69 Å². The molecule has 0 bridgehead atoms. The number of thiophene rings is 1. The summed E-state index contributed by atoms with van der Waals surface area (Å²) in [6.45, 7) is 1.84. The Morgan fingerprint density at radius 3 is 2.76 bits per heavy atom. The molecule has 0 amide bonds. The van der Waals surface area contributed by atoms with E-state index in [-0.39, 0.29) is 9.96 Å². The second-order valence-corrected chi connectivity index (χ2v) is 7.30. The van der Waals surface area contributed by atoms with Gasteiger partial charge < -0.3 is 4.18 Å². The van der Waals surface area contributed by atoms with Crippen LogP contribution in [-0.4, -0.2) is 23.2 Å². The van der Waals surface area contributed by atoms with Crippen molar-refractivity contribution in [3.05, 3.63) is 53.9 Å². The normalized spacial score (nSPS) is 11.5. The molecule has 0 saturated carbocycles. The van der Waals surface area contributed by atoms with Crippen molar-refractivity contribution < 1.29 is 12.6 Å². The molecule has 21 heavy (non-hydrogen) atoms. The molecule has 0 atom stereocenters. The van der Waals surface area contributed by atoms with Gasteiger partial charge in [0.15, 0.2) is 4.21 Å². The van der Waals surface area contributed by atoms with E-state index in [1.807, 2.05) is 6.92 Å². The Bertz CT molecular complexity index is 854. The Labute approximate surface area is 125 Å². The molecule has 0 radical (unpaired) electrons. The lowest BCUT2D eigenvalue weighted by molar-refractivity contribution is 0.488. The minimum absolute atomic E-state index is 0.186. The first-order valence-electron chi connectivity index (χ1n) is 6.00. The molecule has 1 aromatic carbocycles. The molecule has 0 aliphatic heterocycles. The zero-order chi connectivity index (χ0) is 14.9. The third kappa shape index (κ3) is 2.96. The van der Waals surface area contributed by atoms with Crippen LogP contribution >= 0.6 is 11.3 Å². The Kier molecular flexibility index (Phi) is 3.48. The zero-order valence-corrected chi connectivity index (χ0v) is 12.6. The SMILES string of the molecule is Cc1ccc(S(=O)(=O)Oc2cccc(-n3cncn3)c2)s1. The molecular weight excluding hydrogens is 310 g/mol. The van der Waals surface area contributed by atoms with Crippen molar-refractivity contribution in [1.82, 2.24) is 14.8 Å². The third-order valence-electron chi connectivity index (χ3n) is 2.67. The Morgan fingerprint density at radius 1 is 1.24 bits per heavy atom. The molecule has 2 aromatic heterocycles. The molecule has 0 saturated heterocycles. The van der Waals surface area contributed by atoms with Crippen LogP contribution in [0.15, 0.2) is 53.3 Å². The molecule has 0 unspecified atom stereocenters. The van der Waals surface area contributed by atoms with E-state index in [4.69, 9.17) is 4.18 Å². The van der Waals surface area contributed by atoms with E-state index in [0.717, 1.165) is 4.88 Å². The van der Waals surface area contributed by atoms with Crippen LogP contribution in [0, 0.1) is 6.92 Å². The van der Waals surface area contributed by atoms with E-state index >= 15 is 0 Å². The summed E-state index contributed by atoms with van der Waals surface area (Å²) in [6.07, 6.45) is 2.93. The highest BCUT2D eigenvalue weighted by Gasteiger charge is 2.19. The lowest BCUT2D eigenvalue weighted by atomic mass is 10.3. The van der Waals surface area contributed by atoms with Crippen molar-refractivity contribution in [3.63, 3.8) is 0 Å². The number of rotatable bonds is 4. The predicted molar refractivity (Wildman–Crippen MR) is 78.2 cm³/mol. The van der Waals surface area contributed by atoms with Gasteiger partial charge >= 0.3 is 10.1 Å². The largest absolute Gasteiger partial charge is 0.378 e. The van der Waals surface area contributed by atoms with Crippen LogP contribution < -0.4 is 4.18 Å². The van der Waals surface area contributed by atoms with Crippen molar-refractivity contribution in [2.75, 3.05) is 0 Å². The predicted octanol–water partition coefficient (Wildman–Crippen LogP) is 2.40. The number of hydrogen-bond donors (Lipinski definition) is 0. The highest BCUT2D eigenvalue weighted by Crippen LogP contribution is 2.25. The van der Waals surface area contributed by atoms with Crippen molar-refractivity contribution in [3.8, 4) is 11.4 Å². The van der Waals surface area contributed by atoms with Crippen LogP contribution in [0.3, 0.4) is 0 Å². The maximum absolute atomic E-state index is 12.2. The van der Waals surface area contributed by atoms with Gasteiger partial charge in [-0.3, -0.25) is 0 Å². The smallest absolute Gasteiger partial charge is 0.348 e. The molecule has 8 heteroatoms. The van der Waals surface area contributed by atoms with Crippen LogP contribution in [0.2, 0.25) is 0 Å². The monoisotopic (exact) mass is 321 g/mol. The van der Waals surface area contributed by atoms with Crippen LogP contribution in [0.5, 0.6) is 5.75 Å². The fraction of sp³-hybridized carbons (Fsp3) is 0.0769. The first kappa shape index (κ1) is 13.8. The summed E-state index contributed by atoms with van der Waals surface area (Å²) in [7, 11) is -3.80. The molecular formula is C13H11N3O3S2. The number of hydrogen-bond acceptors (Lipinski definition) is 6. The van der Waals surface area contributed by atoms with E-state index in [2.05, 4.69) is 10.1 Å². The molecule has 108 valence electrons. The van der Waals surface area contributed by atoms with E-state index in [0.29, 0.717) is 5.69 Å². The lowest BCUT2D eigenvalue weighted by Gasteiger charge is -2.07. The first-order valence-corrected chi connectivity index (χ1v) is 8.23. The van der Waals surface area contributed by atoms with Crippen molar-refractivity contribution in [1.29, 1.82) is 0 Å². The summed E-state index contributed by atoms with van der Waals surface area (Å²) in [4.78, 5) is 4.76. The zero-order valence-electron chi connectivity index (χ0n) is 11.0. The van der Waals surface area contributed by atoms with Gasteiger partial charge in [0.1, 0.15) is 18.4 Å². The standard InChI is InChI=1S/C13H11N3O3S2/c1-10-5-6-13(20-10)21(17,18)19-12-4-2-3-11(7-12)16-9-14-8-15-16/h2-9H,1H3. The van der Waals surface area contributed by atoms with Crippen molar-refractivity contribution in [2.24, 2.45) is 0 Å². The Hall–Kier alpha value is -2.19. The lowest BCUT2D eigenvalue weighted by Crippen LogP contribution is -2.08. The van der Waals surface area contributed by atoms with E-state index in [1.165, 1.54) is 34.7 Å². The van der Waals surface area contributed by atoms with Gasteiger partial charge in [0, 0.05) is 10.9 Å². The number of benzene rings is 1. The molecule has 3 rings (SSSR count). The van der Waals surface area contributed by atoms with E-state index in [1.54, 1.807) is 30.3 Å². The fourth-order valence-corrected chi connectivity index (χ4v) is 3.90. The molecule has 2 heterocycles.